The summed E-state index contributed by atoms with van der Waals surface area (Å²) in [5.41, 5.74) is 3.46. The van der Waals surface area contributed by atoms with Gasteiger partial charge in [-0.2, -0.15) is 0 Å². The fourth-order valence-corrected chi connectivity index (χ4v) is 3.69. The molecular formula is C16H17Br2NO. The van der Waals surface area contributed by atoms with Gasteiger partial charge in [-0.05, 0) is 81.1 Å². The molecule has 1 atom stereocenters. The predicted octanol–water partition coefficient (Wildman–Crippen LogP) is 5.70. The highest BCUT2D eigenvalue weighted by Gasteiger charge is 2.11. The zero-order valence-corrected chi connectivity index (χ0v) is 14.9. The fourth-order valence-electron chi connectivity index (χ4n) is 2.05. The molecule has 0 spiro atoms. The van der Waals surface area contributed by atoms with Crippen LogP contribution in [0.3, 0.4) is 0 Å². The Morgan fingerprint density at radius 2 is 1.75 bits per heavy atom. The van der Waals surface area contributed by atoms with Crippen LogP contribution in [0.25, 0.3) is 0 Å². The van der Waals surface area contributed by atoms with E-state index in [4.69, 9.17) is 4.74 Å². The first-order valence-corrected chi connectivity index (χ1v) is 7.96. The van der Waals surface area contributed by atoms with Crippen molar-refractivity contribution in [3.8, 4) is 5.75 Å². The summed E-state index contributed by atoms with van der Waals surface area (Å²) in [7, 11) is 1.68. The maximum atomic E-state index is 5.27. The number of hydrogen-bond donors (Lipinski definition) is 1. The quantitative estimate of drug-likeness (QED) is 0.712. The molecule has 1 unspecified atom stereocenters. The van der Waals surface area contributed by atoms with E-state index < -0.39 is 0 Å². The predicted molar refractivity (Wildman–Crippen MR) is 91.6 cm³/mol. The number of benzene rings is 2. The lowest BCUT2D eigenvalue weighted by atomic mass is 10.1. The molecule has 0 saturated heterocycles. The number of nitrogens with one attached hydrogen (secondary N) is 1. The van der Waals surface area contributed by atoms with Crippen molar-refractivity contribution >= 4 is 37.5 Å². The van der Waals surface area contributed by atoms with Gasteiger partial charge in [0.05, 0.1) is 12.8 Å². The van der Waals surface area contributed by atoms with Crippen LogP contribution in [-0.2, 0) is 0 Å². The lowest BCUT2D eigenvalue weighted by molar-refractivity contribution is 0.414. The van der Waals surface area contributed by atoms with Crippen LogP contribution < -0.4 is 10.1 Å². The molecule has 2 aromatic rings. The Kier molecular flexibility index (Phi) is 5.11. The summed E-state index contributed by atoms with van der Waals surface area (Å²) in [6.07, 6.45) is 0. The average Bonchev–Trinajstić information content (AvgIpc) is 2.42. The Bertz CT molecular complexity index is 590. The van der Waals surface area contributed by atoms with Gasteiger partial charge in [-0.25, -0.2) is 0 Å². The van der Waals surface area contributed by atoms with Crippen molar-refractivity contribution < 1.29 is 4.74 Å². The molecule has 0 radical (unpaired) electrons. The standard InChI is InChI=1S/C16H17Br2NO/c1-10-7-14(17)16(15(18)8-10)19-11(2)12-5-4-6-13(9-12)20-3/h4-9,11,19H,1-3H3. The summed E-state index contributed by atoms with van der Waals surface area (Å²) in [5, 5.41) is 3.52. The first-order chi connectivity index (χ1) is 9.51. The fraction of sp³-hybridized carbons (Fsp3) is 0.250. The summed E-state index contributed by atoms with van der Waals surface area (Å²) in [6, 6.07) is 12.5. The minimum Gasteiger partial charge on any atom is -0.497 e. The van der Waals surface area contributed by atoms with E-state index in [2.05, 4.69) is 69.2 Å². The van der Waals surface area contributed by atoms with Crippen LogP contribution in [0.4, 0.5) is 5.69 Å². The Morgan fingerprint density at radius 1 is 1.10 bits per heavy atom. The van der Waals surface area contributed by atoms with E-state index in [-0.39, 0.29) is 6.04 Å². The molecule has 1 N–H and O–H groups in total. The van der Waals surface area contributed by atoms with E-state index in [0.29, 0.717) is 0 Å². The van der Waals surface area contributed by atoms with Gasteiger partial charge in [-0.15, -0.1) is 0 Å². The molecule has 0 fully saturated rings. The molecule has 0 aliphatic rings. The highest BCUT2D eigenvalue weighted by Crippen LogP contribution is 2.35. The lowest BCUT2D eigenvalue weighted by Crippen LogP contribution is -2.08. The van der Waals surface area contributed by atoms with Crippen molar-refractivity contribution in [1.29, 1.82) is 0 Å². The molecule has 0 bridgehead atoms. The SMILES string of the molecule is COc1cccc(C(C)Nc2c(Br)cc(C)cc2Br)c1. The van der Waals surface area contributed by atoms with Gasteiger partial charge in [-0.3, -0.25) is 0 Å². The molecule has 0 aliphatic carbocycles. The van der Waals surface area contributed by atoms with Crippen LogP contribution in [-0.4, -0.2) is 7.11 Å². The number of aryl methyl sites for hydroxylation is 1. The number of ether oxygens (including phenoxy) is 1. The first kappa shape index (κ1) is 15.4. The normalized spacial score (nSPS) is 12.1. The van der Waals surface area contributed by atoms with Crippen molar-refractivity contribution in [3.05, 3.63) is 56.5 Å². The summed E-state index contributed by atoms with van der Waals surface area (Å²) in [4.78, 5) is 0. The Labute approximate surface area is 136 Å². The first-order valence-electron chi connectivity index (χ1n) is 6.37. The van der Waals surface area contributed by atoms with Gasteiger partial charge in [-0.1, -0.05) is 12.1 Å². The van der Waals surface area contributed by atoms with Gasteiger partial charge in [0.2, 0.25) is 0 Å². The molecule has 20 heavy (non-hydrogen) atoms. The monoisotopic (exact) mass is 397 g/mol. The van der Waals surface area contributed by atoms with Gasteiger partial charge in [0.1, 0.15) is 5.75 Å². The summed E-state index contributed by atoms with van der Waals surface area (Å²) in [6.45, 7) is 4.21. The van der Waals surface area contributed by atoms with Crippen molar-refractivity contribution in [2.45, 2.75) is 19.9 Å². The second-order valence-corrected chi connectivity index (χ2v) is 6.45. The van der Waals surface area contributed by atoms with Gasteiger partial charge in [0, 0.05) is 15.0 Å². The van der Waals surface area contributed by atoms with Crippen molar-refractivity contribution in [3.63, 3.8) is 0 Å². The Balaban J connectivity index is 2.25. The molecular weight excluding hydrogens is 382 g/mol. The van der Waals surface area contributed by atoms with Crippen LogP contribution in [0.5, 0.6) is 5.75 Å². The number of methoxy groups -OCH3 is 1. The highest BCUT2D eigenvalue weighted by molar-refractivity contribution is 9.11. The molecule has 106 valence electrons. The maximum Gasteiger partial charge on any atom is 0.119 e. The summed E-state index contributed by atoms with van der Waals surface area (Å²) >= 11 is 7.22. The third-order valence-electron chi connectivity index (χ3n) is 3.14. The molecule has 0 aliphatic heterocycles. The smallest absolute Gasteiger partial charge is 0.119 e. The van der Waals surface area contributed by atoms with Crippen molar-refractivity contribution in [2.24, 2.45) is 0 Å². The third-order valence-corrected chi connectivity index (χ3v) is 4.39. The van der Waals surface area contributed by atoms with E-state index in [1.54, 1.807) is 7.11 Å². The highest BCUT2D eigenvalue weighted by atomic mass is 79.9. The largest absolute Gasteiger partial charge is 0.497 e. The zero-order chi connectivity index (χ0) is 14.7. The molecule has 4 heteroatoms. The summed E-state index contributed by atoms with van der Waals surface area (Å²) in [5.74, 6) is 0.873. The molecule has 2 nitrogen and oxygen atoms in total. The molecule has 0 aromatic heterocycles. The van der Waals surface area contributed by atoms with Gasteiger partial charge >= 0.3 is 0 Å². The molecule has 2 rings (SSSR count). The lowest BCUT2D eigenvalue weighted by Gasteiger charge is -2.19. The molecule has 0 saturated carbocycles. The van der Waals surface area contributed by atoms with E-state index in [0.717, 1.165) is 20.4 Å². The van der Waals surface area contributed by atoms with E-state index in [9.17, 15) is 0 Å². The Morgan fingerprint density at radius 3 is 2.35 bits per heavy atom. The van der Waals surface area contributed by atoms with E-state index in [1.807, 2.05) is 18.2 Å². The number of anilines is 1. The number of rotatable bonds is 4. The van der Waals surface area contributed by atoms with Gasteiger partial charge < -0.3 is 10.1 Å². The third kappa shape index (κ3) is 3.55. The van der Waals surface area contributed by atoms with Crippen LogP contribution in [0, 0.1) is 6.92 Å². The minimum atomic E-state index is 0.181. The van der Waals surface area contributed by atoms with Crippen LogP contribution in [0.1, 0.15) is 24.1 Å². The van der Waals surface area contributed by atoms with E-state index in [1.165, 1.54) is 11.1 Å². The maximum absolute atomic E-state index is 5.27. The van der Waals surface area contributed by atoms with Crippen molar-refractivity contribution in [2.75, 3.05) is 12.4 Å². The average molecular weight is 399 g/mol. The molecule has 2 aromatic carbocycles. The second-order valence-electron chi connectivity index (χ2n) is 4.75. The summed E-state index contributed by atoms with van der Waals surface area (Å²) < 4.78 is 7.38. The van der Waals surface area contributed by atoms with E-state index >= 15 is 0 Å². The van der Waals surface area contributed by atoms with Crippen molar-refractivity contribution in [1.82, 2.24) is 0 Å². The molecule has 0 heterocycles. The second kappa shape index (κ2) is 6.64. The topological polar surface area (TPSA) is 21.3 Å². The van der Waals surface area contributed by atoms with Crippen LogP contribution >= 0.6 is 31.9 Å². The van der Waals surface area contributed by atoms with Gasteiger partial charge in [0.25, 0.3) is 0 Å². The molecule has 0 amide bonds. The van der Waals surface area contributed by atoms with Crippen LogP contribution in [0.15, 0.2) is 45.3 Å². The zero-order valence-electron chi connectivity index (χ0n) is 11.7. The minimum absolute atomic E-state index is 0.181. The number of hydrogen-bond acceptors (Lipinski definition) is 2. The van der Waals surface area contributed by atoms with Gasteiger partial charge in [0.15, 0.2) is 0 Å². The van der Waals surface area contributed by atoms with Crippen LogP contribution in [0.2, 0.25) is 0 Å². The Hall–Kier alpha value is -1.00. The number of halogens is 2.